The molecule has 4 aromatic rings. The first-order chi connectivity index (χ1) is 14.2. The molecule has 1 N–H and O–H groups in total. The van der Waals surface area contributed by atoms with Gasteiger partial charge in [-0.25, -0.2) is 14.4 Å². The predicted molar refractivity (Wildman–Crippen MR) is 108 cm³/mol. The fourth-order valence-corrected chi connectivity index (χ4v) is 2.71. The van der Waals surface area contributed by atoms with Gasteiger partial charge in [0.25, 0.3) is 5.91 Å². The zero-order chi connectivity index (χ0) is 20.1. The van der Waals surface area contributed by atoms with Gasteiger partial charge in [-0.3, -0.25) is 4.79 Å². The fourth-order valence-electron chi connectivity index (χ4n) is 2.71. The van der Waals surface area contributed by atoms with E-state index in [1.807, 2.05) is 42.5 Å². The average Bonchev–Trinajstić information content (AvgIpc) is 2.77. The summed E-state index contributed by atoms with van der Waals surface area (Å²) in [7, 11) is 0. The second-order valence-corrected chi connectivity index (χ2v) is 6.18. The smallest absolute Gasteiger partial charge is 0.322 e. The normalized spacial score (nSPS) is 10.4. The van der Waals surface area contributed by atoms with E-state index in [9.17, 15) is 9.18 Å². The molecule has 0 saturated carbocycles. The highest BCUT2D eigenvalue weighted by molar-refractivity contribution is 6.04. The van der Waals surface area contributed by atoms with E-state index in [2.05, 4.69) is 15.3 Å². The number of para-hydroxylation sites is 1. The van der Waals surface area contributed by atoms with E-state index in [-0.39, 0.29) is 17.7 Å². The number of hydrogen-bond donors (Lipinski definition) is 1. The Bertz CT molecular complexity index is 1110. The van der Waals surface area contributed by atoms with Gasteiger partial charge in [-0.15, -0.1) is 0 Å². The number of nitrogens with zero attached hydrogens (tertiary/aromatic N) is 2. The molecule has 0 aliphatic carbocycles. The molecule has 0 aliphatic rings. The van der Waals surface area contributed by atoms with E-state index < -0.39 is 5.82 Å². The van der Waals surface area contributed by atoms with Crippen molar-refractivity contribution in [2.24, 2.45) is 0 Å². The lowest BCUT2D eigenvalue weighted by Crippen LogP contribution is -2.12. The van der Waals surface area contributed by atoms with Crippen LogP contribution in [0.5, 0.6) is 11.8 Å². The van der Waals surface area contributed by atoms with Gasteiger partial charge in [0, 0.05) is 5.56 Å². The molecule has 0 aliphatic heterocycles. The first kappa shape index (κ1) is 18.3. The summed E-state index contributed by atoms with van der Waals surface area (Å²) in [5, 5.41) is 2.73. The van der Waals surface area contributed by atoms with Gasteiger partial charge in [0.1, 0.15) is 0 Å². The van der Waals surface area contributed by atoms with Crippen molar-refractivity contribution in [1.29, 1.82) is 0 Å². The third kappa shape index (κ3) is 4.44. The number of carbonyl (C=O) groups is 1. The number of ether oxygens (including phenoxy) is 1. The summed E-state index contributed by atoms with van der Waals surface area (Å²) < 4.78 is 18.9. The maximum Gasteiger partial charge on any atom is 0.322 e. The van der Waals surface area contributed by atoms with Crippen molar-refractivity contribution in [2.45, 2.75) is 0 Å². The van der Waals surface area contributed by atoms with Crippen LogP contribution in [0.1, 0.15) is 10.4 Å². The number of benzene rings is 3. The van der Waals surface area contributed by atoms with E-state index in [1.54, 1.807) is 24.3 Å². The van der Waals surface area contributed by atoms with Crippen LogP contribution in [0.4, 0.5) is 10.1 Å². The molecule has 0 saturated heterocycles. The second-order valence-electron chi connectivity index (χ2n) is 6.18. The van der Waals surface area contributed by atoms with Gasteiger partial charge in [0.2, 0.25) is 0 Å². The molecule has 142 valence electrons. The molecule has 29 heavy (non-hydrogen) atoms. The molecular formula is C23H16FN3O2. The molecule has 1 heterocycles. The Balaban J connectivity index is 1.41. The van der Waals surface area contributed by atoms with Gasteiger partial charge in [0.05, 0.1) is 18.1 Å². The van der Waals surface area contributed by atoms with E-state index in [4.69, 9.17) is 4.74 Å². The predicted octanol–water partition coefficient (Wildman–Crippen LogP) is 5.33. The van der Waals surface area contributed by atoms with Crippen molar-refractivity contribution in [3.8, 4) is 22.9 Å². The largest absolute Gasteiger partial charge is 0.421 e. The Morgan fingerprint density at radius 3 is 2.10 bits per heavy atom. The van der Waals surface area contributed by atoms with Crippen molar-refractivity contribution in [1.82, 2.24) is 9.97 Å². The summed E-state index contributed by atoms with van der Waals surface area (Å²) in [5.74, 6) is -0.758. The maximum atomic E-state index is 13.6. The summed E-state index contributed by atoms with van der Waals surface area (Å²) in [6.45, 7) is 0. The summed E-state index contributed by atoms with van der Waals surface area (Å²) in [6.07, 6.45) is 2.80. The minimum Gasteiger partial charge on any atom is -0.421 e. The van der Waals surface area contributed by atoms with Crippen molar-refractivity contribution in [3.63, 3.8) is 0 Å². The van der Waals surface area contributed by atoms with Crippen LogP contribution in [0.3, 0.4) is 0 Å². The first-order valence-corrected chi connectivity index (χ1v) is 8.90. The molecule has 0 radical (unpaired) electrons. The topological polar surface area (TPSA) is 64.1 Å². The van der Waals surface area contributed by atoms with Gasteiger partial charge >= 0.3 is 6.01 Å². The molecule has 4 rings (SSSR count). The average molecular weight is 385 g/mol. The van der Waals surface area contributed by atoms with E-state index in [0.29, 0.717) is 11.3 Å². The second kappa shape index (κ2) is 8.31. The SMILES string of the molecule is O=C(Nc1cnc(Oc2ccccc2F)nc1)c1ccc(-c2ccccc2)cc1. The fraction of sp³-hybridized carbons (Fsp3) is 0. The molecule has 0 atom stereocenters. The van der Waals surface area contributed by atoms with Crippen LogP contribution in [0.25, 0.3) is 11.1 Å². The molecule has 3 aromatic carbocycles. The molecule has 0 bridgehead atoms. The quantitative estimate of drug-likeness (QED) is 0.504. The standard InChI is InChI=1S/C23H16FN3O2/c24-20-8-4-5-9-21(20)29-23-25-14-19(15-26-23)27-22(28)18-12-10-17(11-13-18)16-6-2-1-3-7-16/h1-15H,(H,27,28). The highest BCUT2D eigenvalue weighted by Crippen LogP contribution is 2.22. The zero-order valence-electron chi connectivity index (χ0n) is 15.2. The van der Waals surface area contributed by atoms with Gasteiger partial charge in [-0.2, -0.15) is 0 Å². The number of amides is 1. The Morgan fingerprint density at radius 2 is 1.41 bits per heavy atom. The van der Waals surface area contributed by atoms with E-state index >= 15 is 0 Å². The minimum atomic E-state index is -0.507. The van der Waals surface area contributed by atoms with Crippen molar-refractivity contribution < 1.29 is 13.9 Å². The van der Waals surface area contributed by atoms with Crippen LogP contribution in [-0.2, 0) is 0 Å². The highest BCUT2D eigenvalue weighted by atomic mass is 19.1. The number of anilines is 1. The Morgan fingerprint density at radius 1 is 0.793 bits per heavy atom. The van der Waals surface area contributed by atoms with Crippen LogP contribution in [-0.4, -0.2) is 15.9 Å². The van der Waals surface area contributed by atoms with E-state index in [0.717, 1.165) is 11.1 Å². The van der Waals surface area contributed by atoms with Gasteiger partial charge in [-0.1, -0.05) is 54.6 Å². The van der Waals surface area contributed by atoms with Crippen molar-refractivity contribution in [2.75, 3.05) is 5.32 Å². The number of rotatable bonds is 5. The maximum absolute atomic E-state index is 13.6. The highest BCUT2D eigenvalue weighted by Gasteiger charge is 2.09. The molecule has 0 fully saturated rings. The summed E-state index contributed by atoms with van der Waals surface area (Å²) in [5.41, 5.74) is 3.03. The van der Waals surface area contributed by atoms with Gasteiger partial charge in [0.15, 0.2) is 11.6 Å². The molecule has 0 spiro atoms. The monoisotopic (exact) mass is 385 g/mol. The van der Waals surface area contributed by atoms with Crippen molar-refractivity contribution >= 4 is 11.6 Å². The Labute approximate surface area is 166 Å². The summed E-state index contributed by atoms with van der Waals surface area (Å²) >= 11 is 0. The summed E-state index contributed by atoms with van der Waals surface area (Å²) in [4.78, 5) is 20.4. The summed E-state index contributed by atoms with van der Waals surface area (Å²) in [6, 6.07) is 23.2. The number of aromatic nitrogens is 2. The first-order valence-electron chi connectivity index (χ1n) is 8.90. The lowest BCUT2D eigenvalue weighted by Gasteiger charge is -2.07. The third-order valence-electron chi connectivity index (χ3n) is 4.18. The zero-order valence-corrected chi connectivity index (χ0v) is 15.2. The molecule has 0 unspecified atom stereocenters. The number of halogens is 1. The van der Waals surface area contributed by atoms with E-state index in [1.165, 1.54) is 24.5 Å². The molecule has 6 heteroatoms. The van der Waals surface area contributed by atoms with Crippen LogP contribution in [0.15, 0.2) is 91.3 Å². The molecule has 5 nitrogen and oxygen atoms in total. The number of hydrogen-bond acceptors (Lipinski definition) is 4. The molecule has 1 aromatic heterocycles. The lowest BCUT2D eigenvalue weighted by molar-refractivity contribution is 0.102. The van der Waals surface area contributed by atoms with Crippen LogP contribution in [0, 0.1) is 5.82 Å². The van der Waals surface area contributed by atoms with Crippen LogP contribution < -0.4 is 10.1 Å². The van der Waals surface area contributed by atoms with Gasteiger partial charge in [-0.05, 0) is 35.4 Å². The minimum absolute atomic E-state index is 0.0136. The molecule has 1 amide bonds. The Hall–Kier alpha value is -4.06. The Kier molecular flexibility index (Phi) is 5.25. The molecular weight excluding hydrogens is 369 g/mol. The van der Waals surface area contributed by atoms with Gasteiger partial charge < -0.3 is 10.1 Å². The van der Waals surface area contributed by atoms with Crippen LogP contribution >= 0.6 is 0 Å². The third-order valence-corrected chi connectivity index (χ3v) is 4.18. The number of carbonyl (C=O) groups excluding carboxylic acids is 1. The number of nitrogens with one attached hydrogen (secondary N) is 1. The van der Waals surface area contributed by atoms with Crippen molar-refractivity contribution in [3.05, 3.63) is 103 Å². The lowest BCUT2D eigenvalue weighted by atomic mass is 10.0. The van der Waals surface area contributed by atoms with Crippen LogP contribution in [0.2, 0.25) is 0 Å².